The molecule has 0 bridgehead atoms. The molecule has 0 spiro atoms. The number of carbonyl (C=O) groups is 1. The van der Waals surface area contributed by atoms with Crippen molar-refractivity contribution in [1.82, 2.24) is 0 Å². The average Bonchev–Trinajstić information content (AvgIpc) is 2.61. The number of amides is 1. The van der Waals surface area contributed by atoms with Crippen LogP contribution in [0.5, 0.6) is 0 Å². The quantitative estimate of drug-likeness (QED) is 0.776. The number of nitrogens with one attached hydrogen (secondary N) is 1. The minimum Gasteiger partial charge on any atom is -0.328 e. The summed E-state index contributed by atoms with van der Waals surface area (Å²) in [6.45, 7) is 4.27. The van der Waals surface area contributed by atoms with Crippen molar-refractivity contribution in [2.45, 2.75) is 25.2 Å². The summed E-state index contributed by atoms with van der Waals surface area (Å²) < 4.78 is 28.8. The van der Waals surface area contributed by atoms with E-state index in [1.807, 2.05) is 11.8 Å². The lowest BCUT2D eigenvalue weighted by Crippen LogP contribution is -2.34. The van der Waals surface area contributed by atoms with Crippen LogP contribution >= 0.6 is 23.2 Å². The number of amidine groups is 1. The van der Waals surface area contributed by atoms with Gasteiger partial charge in [-0.3, -0.25) is 4.79 Å². The smallest absolute Gasteiger partial charge is 0.286 e. The Bertz CT molecular complexity index is 1050. The fourth-order valence-corrected chi connectivity index (χ4v) is 4.44. The van der Waals surface area contributed by atoms with E-state index in [1.54, 1.807) is 37.3 Å². The largest absolute Gasteiger partial charge is 0.328 e. The average molecular weight is 426 g/mol. The van der Waals surface area contributed by atoms with Crippen molar-refractivity contribution in [1.29, 1.82) is 0 Å². The second-order valence-corrected chi connectivity index (χ2v) is 8.36. The maximum Gasteiger partial charge on any atom is 0.286 e. The summed E-state index contributed by atoms with van der Waals surface area (Å²) in [5.74, 6) is -0.0854. The molecule has 1 N–H and O–H groups in total. The van der Waals surface area contributed by atoms with E-state index >= 15 is 0 Å². The van der Waals surface area contributed by atoms with Gasteiger partial charge in [0.2, 0.25) is 0 Å². The Morgan fingerprint density at radius 1 is 1.22 bits per heavy atom. The van der Waals surface area contributed by atoms with E-state index in [-0.39, 0.29) is 15.5 Å². The van der Waals surface area contributed by atoms with Gasteiger partial charge in [0.25, 0.3) is 15.9 Å². The highest BCUT2D eigenvalue weighted by molar-refractivity contribution is 7.90. The van der Waals surface area contributed by atoms with Gasteiger partial charge in [-0.05, 0) is 43.7 Å². The Hall–Kier alpha value is -2.09. The molecule has 0 unspecified atom stereocenters. The molecule has 6 nitrogen and oxygen atoms in total. The lowest BCUT2D eigenvalue weighted by atomic mass is 10.1. The Kier molecular flexibility index (Phi) is 5.46. The monoisotopic (exact) mass is 425 g/mol. The molecule has 0 saturated heterocycles. The third kappa shape index (κ3) is 3.81. The molecule has 9 heteroatoms. The van der Waals surface area contributed by atoms with Gasteiger partial charge in [0.1, 0.15) is 10.7 Å². The molecular formula is C18H17Cl2N3O3S. The number of carbonyl (C=O) groups excluding carboxylic acids is 1. The van der Waals surface area contributed by atoms with Gasteiger partial charge in [-0.1, -0.05) is 36.2 Å². The molecule has 2 aromatic rings. The first-order valence-electron chi connectivity index (χ1n) is 8.23. The minimum absolute atomic E-state index is 0.00592. The number of hydrogen-bond donors (Lipinski definition) is 1. The standard InChI is InChI=1S/C18H17Cl2N3O3S/c1-3-9-23-11(2)22-27(25,26)16-10-12(7-8-15(16)23)18(24)21-14-6-4-5-13(19)17(14)20/h4-8,10H,3,9H2,1-2H3,(H,21,24). The van der Waals surface area contributed by atoms with Crippen LogP contribution in [0.15, 0.2) is 45.7 Å². The van der Waals surface area contributed by atoms with Crippen LogP contribution in [0.3, 0.4) is 0 Å². The third-order valence-electron chi connectivity index (χ3n) is 4.08. The van der Waals surface area contributed by atoms with Crippen molar-refractivity contribution in [3.05, 3.63) is 52.0 Å². The molecule has 3 rings (SSSR count). The predicted molar refractivity (Wildman–Crippen MR) is 109 cm³/mol. The first-order valence-corrected chi connectivity index (χ1v) is 10.4. The highest BCUT2D eigenvalue weighted by Crippen LogP contribution is 2.34. The fraction of sp³-hybridized carbons (Fsp3) is 0.222. The molecule has 1 heterocycles. The summed E-state index contributed by atoms with van der Waals surface area (Å²) in [6.07, 6.45) is 0.821. The van der Waals surface area contributed by atoms with Crippen LogP contribution in [0, 0.1) is 0 Å². The van der Waals surface area contributed by atoms with Crippen LogP contribution in [-0.4, -0.2) is 26.7 Å². The molecule has 1 amide bonds. The van der Waals surface area contributed by atoms with Crippen molar-refractivity contribution >= 4 is 56.3 Å². The maximum absolute atomic E-state index is 12.6. The Labute approximate surface area is 167 Å². The van der Waals surface area contributed by atoms with Gasteiger partial charge < -0.3 is 10.2 Å². The van der Waals surface area contributed by atoms with E-state index in [9.17, 15) is 13.2 Å². The lowest BCUT2D eigenvalue weighted by Gasteiger charge is -2.29. The van der Waals surface area contributed by atoms with Gasteiger partial charge >= 0.3 is 0 Å². The molecule has 0 saturated carbocycles. The summed E-state index contributed by atoms with van der Waals surface area (Å²) in [5.41, 5.74) is 1.04. The number of anilines is 2. The third-order valence-corrected chi connectivity index (χ3v) is 6.29. The molecule has 2 aromatic carbocycles. The molecule has 0 aromatic heterocycles. The highest BCUT2D eigenvalue weighted by Gasteiger charge is 2.29. The SMILES string of the molecule is CCCN1C(C)=NS(=O)(=O)c2cc(C(=O)Nc3cccc(Cl)c3Cl)ccc21. The molecule has 0 atom stereocenters. The molecule has 0 radical (unpaired) electrons. The molecule has 0 aliphatic carbocycles. The number of rotatable bonds is 4. The van der Waals surface area contributed by atoms with E-state index in [0.29, 0.717) is 28.8 Å². The highest BCUT2D eigenvalue weighted by atomic mass is 35.5. The molecular weight excluding hydrogens is 409 g/mol. The second-order valence-electron chi connectivity index (χ2n) is 6.00. The van der Waals surface area contributed by atoms with Gasteiger partial charge in [0.05, 0.1) is 21.4 Å². The van der Waals surface area contributed by atoms with Crippen molar-refractivity contribution in [2.75, 3.05) is 16.8 Å². The number of halogens is 2. The fourth-order valence-electron chi connectivity index (χ4n) is 2.83. The number of hydrogen-bond acceptors (Lipinski definition) is 4. The van der Waals surface area contributed by atoms with Crippen LogP contribution in [0.1, 0.15) is 30.6 Å². The second kappa shape index (κ2) is 7.50. The predicted octanol–water partition coefficient (Wildman–Crippen LogP) is 4.58. The van der Waals surface area contributed by atoms with Gasteiger partial charge in [-0.15, -0.1) is 4.40 Å². The molecule has 0 fully saturated rings. The van der Waals surface area contributed by atoms with Crippen molar-refractivity contribution in [3.63, 3.8) is 0 Å². The van der Waals surface area contributed by atoms with Crippen LogP contribution in [0.2, 0.25) is 10.0 Å². The van der Waals surface area contributed by atoms with Crippen LogP contribution in [-0.2, 0) is 10.0 Å². The zero-order valence-corrected chi connectivity index (χ0v) is 17.0. The van der Waals surface area contributed by atoms with E-state index in [2.05, 4.69) is 9.71 Å². The van der Waals surface area contributed by atoms with Gasteiger partial charge in [-0.2, -0.15) is 8.42 Å². The van der Waals surface area contributed by atoms with Crippen LogP contribution < -0.4 is 10.2 Å². The first-order chi connectivity index (χ1) is 12.7. The summed E-state index contributed by atoms with van der Waals surface area (Å²) in [4.78, 5) is 14.4. The van der Waals surface area contributed by atoms with Gasteiger partial charge in [0, 0.05) is 12.1 Å². The van der Waals surface area contributed by atoms with Crippen molar-refractivity contribution in [3.8, 4) is 0 Å². The molecule has 27 heavy (non-hydrogen) atoms. The Morgan fingerprint density at radius 3 is 2.67 bits per heavy atom. The van der Waals surface area contributed by atoms with E-state index < -0.39 is 15.9 Å². The van der Waals surface area contributed by atoms with E-state index in [4.69, 9.17) is 23.2 Å². The minimum atomic E-state index is -3.87. The normalized spacial score (nSPS) is 15.1. The van der Waals surface area contributed by atoms with E-state index in [1.165, 1.54) is 6.07 Å². The summed E-state index contributed by atoms with van der Waals surface area (Å²) in [6, 6.07) is 9.39. The molecule has 1 aliphatic heterocycles. The molecule has 1 aliphatic rings. The zero-order valence-electron chi connectivity index (χ0n) is 14.7. The van der Waals surface area contributed by atoms with Gasteiger partial charge in [0.15, 0.2) is 0 Å². The van der Waals surface area contributed by atoms with Gasteiger partial charge in [-0.25, -0.2) is 0 Å². The zero-order chi connectivity index (χ0) is 19.8. The maximum atomic E-state index is 12.6. The number of fused-ring (bicyclic) bond motifs is 1. The summed E-state index contributed by atoms with van der Waals surface area (Å²) in [7, 11) is -3.87. The number of sulfonamides is 1. The summed E-state index contributed by atoms with van der Waals surface area (Å²) in [5, 5.41) is 3.17. The van der Waals surface area contributed by atoms with Crippen molar-refractivity contribution in [2.24, 2.45) is 4.40 Å². The first kappa shape index (κ1) is 19.7. The van der Waals surface area contributed by atoms with Crippen LogP contribution in [0.25, 0.3) is 0 Å². The Morgan fingerprint density at radius 2 is 1.96 bits per heavy atom. The van der Waals surface area contributed by atoms with Crippen molar-refractivity contribution < 1.29 is 13.2 Å². The topological polar surface area (TPSA) is 78.8 Å². The number of benzene rings is 2. The Balaban J connectivity index is 1.99. The van der Waals surface area contributed by atoms with E-state index in [0.717, 1.165) is 6.42 Å². The summed E-state index contributed by atoms with van der Waals surface area (Å²) >= 11 is 12.0. The lowest BCUT2D eigenvalue weighted by molar-refractivity contribution is 0.102. The van der Waals surface area contributed by atoms with Crippen LogP contribution in [0.4, 0.5) is 11.4 Å². The number of nitrogens with zero attached hydrogens (tertiary/aromatic N) is 2. The molecule has 142 valence electrons.